The fraction of sp³-hybridized carbons (Fsp3) is 0.950. The Balaban J connectivity index is 1.63. The van der Waals surface area contributed by atoms with Crippen molar-refractivity contribution in [2.45, 2.75) is 84.2 Å². The number of hydrogen-bond acceptors (Lipinski definition) is 2. The molecule has 1 N–H and O–H groups in total. The third-order valence-corrected chi connectivity index (χ3v) is 8.58. The second-order valence-electron chi connectivity index (χ2n) is 9.36. The Kier molecular flexibility index (Phi) is 3.49. The molecule has 4 saturated carbocycles. The van der Waals surface area contributed by atoms with Crippen LogP contribution in [0.5, 0.6) is 0 Å². The minimum absolute atomic E-state index is 0.00318. The van der Waals surface area contributed by atoms with E-state index in [1.54, 1.807) is 0 Å². The normalized spacial score (nSPS) is 55.0. The van der Waals surface area contributed by atoms with E-state index < -0.39 is 0 Å². The summed E-state index contributed by atoms with van der Waals surface area (Å²) in [5.41, 5.74) is 0.431. The number of hydrogen-bond donors (Lipinski definition) is 1. The number of Topliss-reactive ketones (excluding diaryl/α,β-unsaturated/α-hetero) is 1. The minimum atomic E-state index is -0.0558. The Labute approximate surface area is 135 Å². The van der Waals surface area contributed by atoms with Gasteiger partial charge in [0.1, 0.15) is 5.78 Å². The van der Waals surface area contributed by atoms with Crippen molar-refractivity contribution in [1.29, 1.82) is 0 Å². The van der Waals surface area contributed by atoms with Gasteiger partial charge in [0.05, 0.1) is 6.10 Å². The summed E-state index contributed by atoms with van der Waals surface area (Å²) < 4.78 is 0. The average Bonchev–Trinajstić information content (AvgIpc) is 2.49. The van der Waals surface area contributed by atoms with Gasteiger partial charge in [-0.3, -0.25) is 4.79 Å². The molecular weight excluding hydrogens is 272 g/mol. The first-order valence-electron chi connectivity index (χ1n) is 9.66. The fourth-order valence-electron chi connectivity index (χ4n) is 7.20. The molecule has 0 heterocycles. The summed E-state index contributed by atoms with van der Waals surface area (Å²) in [6.45, 7) is 4.81. The van der Waals surface area contributed by atoms with Crippen molar-refractivity contribution in [3.8, 4) is 0 Å². The van der Waals surface area contributed by atoms with Gasteiger partial charge in [-0.1, -0.05) is 13.8 Å². The van der Waals surface area contributed by atoms with Crippen molar-refractivity contribution in [1.82, 2.24) is 0 Å². The predicted molar refractivity (Wildman–Crippen MR) is 87.4 cm³/mol. The molecular formula is C20H32O2. The van der Waals surface area contributed by atoms with E-state index >= 15 is 0 Å². The average molecular weight is 304 g/mol. The molecule has 0 spiro atoms. The summed E-state index contributed by atoms with van der Waals surface area (Å²) in [4.78, 5) is 12.6. The first-order valence-corrected chi connectivity index (χ1v) is 9.66. The molecule has 0 aliphatic heterocycles. The van der Waals surface area contributed by atoms with Crippen LogP contribution in [-0.2, 0) is 4.79 Å². The SMILES string of the molecule is C[C@@]12CC[C@@H](O)C[C@@H]1CC[C@H]1[C@H]2CC[C@]2(C)C(=O)CCC[C@@H]12. The number of carbonyl (C=O) groups is 1. The quantitative estimate of drug-likeness (QED) is 0.722. The van der Waals surface area contributed by atoms with E-state index in [-0.39, 0.29) is 11.5 Å². The predicted octanol–water partition coefficient (Wildman–Crippen LogP) is 4.35. The second kappa shape index (κ2) is 5.06. The highest BCUT2D eigenvalue weighted by molar-refractivity contribution is 5.85. The van der Waals surface area contributed by atoms with Gasteiger partial charge in [0.2, 0.25) is 0 Å². The van der Waals surface area contributed by atoms with Crippen molar-refractivity contribution < 1.29 is 9.90 Å². The number of aliphatic hydroxyl groups excluding tert-OH is 1. The topological polar surface area (TPSA) is 37.3 Å². The van der Waals surface area contributed by atoms with E-state index in [0.29, 0.717) is 17.1 Å². The highest BCUT2D eigenvalue weighted by Crippen LogP contribution is 2.64. The number of rotatable bonds is 0. The molecule has 4 fully saturated rings. The number of aliphatic hydroxyl groups is 1. The van der Waals surface area contributed by atoms with Crippen LogP contribution < -0.4 is 0 Å². The van der Waals surface area contributed by atoms with Gasteiger partial charge in [0.25, 0.3) is 0 Å². The van der Waals surface area contributed by atoms with Crippen molar-refractivity contribution in [2.24, 2.45) is 34.5 Å². The van der Waals surface area contributed by atoms with E-state index in [1.165, 1.54) is 32.1 Å². The van der Waals surface area contributed by atoms with Crippen LogP contribution in [0.1, 0.15) is 78.1 Å². The molecule has 0 aromatic carbocycles. The van der Waals surface area contributed by atoms with Gasteiger partial charge in [-0.15, -0.1) is 0 Å². The Bertz CT molecular complexity index is 472. The van der Waals surface area contributed by atoms with E-state index in [9.17, 15) is 9.90 Å². The maximum atomic E-state index is 12.6. The lowest BCUT2D eigenvalue weighted by Gasteiger charge is -2.61. The lowest BCUT2D eigenvalue weighted by molar-refractivity contribution is -0.158. The summed E-state index contributed by atoms with van der Waals surface area (Å²) in [5, 5.41) is 10.1. The number of carbonyl (C=O) groups excluding carboxylic acids is 1. The molecule has 0 aromatic heterocycles. The third kappa shape index (κ3) is 1.98. The fourth-order valence-corrected chi connectivity index (χ4v) is 7.20. The van der Waals surface area contributed by atoms with E-state index in [2.05, 4.69) is 13.8 Å². The lowest BCUT2D eigenvalue weighted by Crippen LogP contribution is -2.56. The van der Waals surface area contributed by atoms with Gasteiger partial charge in [0.15, 0.2) is 0 Å². The minimum Gasteiger partial charge on any atom is -0.393 e. The second-order valence-corrected chi connectivity index (χ2v) is 9.36. The van der Waals surface area contributed by atoms with Gasteiger partial charge in [-0.2, -0.15) is 0 Å². The summed E-state index contributed by atoms with van der Waals surface area (Å²) in [5.74, 6) is 3.52. The number of fused-ring (bicyclic) bond motifs is 5. The molecule has 0 amide bonds. The van der Waals surface area contributed by atoms with Crippen molar-refractivity contribution >= 4 is 5.78 Å². The smallest absolute Gasteiger partial charge is 0.139 e. The van der Waals surface area contributed by atoms with Gasteiger partial charge in [0, 0.05) is 11.8 Å². The summed E-state index contributed by atoms with van der Waals surface area (Å²) in [6, 6.07) is 0. The zero-order valence-electron chi connectivity index (χ0n) is 14.3. The van der Waals surface area contributed by atoms with Crippen LogP contribution in [0.4, 0.5) is 0 Å². The van der Waals surface area contributed by atoms with E-state index in [4.69, 9.17) is 0 Å². The molecule has 2 heteroatoms. The highest BCUT2D eigenvalue weighted by Gasteiger charge is 2.58. The van der Waals surface area contributed by atoms with Crippen molar-refractivity contribution in [3.05, 3.63) is 0 Å². The molecule has 0 radical (unpaired) electrons. The largest absolute Gasteiger partial charge is 0.393 e. The molecule has 0 unspecified atom stereocenters. The zero-order valence-corrected chi connectivity index (χ0v) is 14.3. The molecule has 0 bridgehead atoms. The molecule has 2 nitrogen and oxygen atoms in total. The summed E-state index contributed by atoms with van der Waals surface area (Å²) in [6.07, 6.45) is 11.4. The molecule has 0 saturated heterocycles. The summed E-state index contributed by atoms with van der Waals surface area (Å²) in [7, 11) is 0. The van der Waals surface area contributed by atoms with Crippen molar-refractivity contribution in [2.75, 3.05) is 0 Å². The zero-order chi connectivity index (χ0) is 15.5. The van der Waals surface area contributed by atoms with Crippen LogP contribution >= 0.6 is 0 Å². The van der Waals surface area contributed by atoms with Gasteiger partial charge in [-0.25, -0.2) is 0 Å². The lowest BCUT2D eigenvalue weighted by atomic mass is 9.43. The van der Waals surface area contributed by atoms with Crippen LogP contribution in [0.25, 0.3) is 0 Å². The monoisotopic (exact) mass is 304 g/mol. The Morgan fingerprint density at radius 2 is 1.82 bits per heavy atom. The maximum Gasteiger partial charge on any atom is 0.139 e. The van der Waals surface area contributed by atoms with Crippen LogP contribution in [0.3, 0.4) is 0 Å². The molecule has 22 heavy (non-hydrogen) atoms. The molecule has 124 valence electrons. The molecule has 4 aliphatic carbocycles. The van der Waals surface area contributed by atoms with E-state index in [0.717, 1.165) is 49.9 Å². The van der Waals surface area contributed by atoms with Crippen molar-refractivity contribution in [3.63, 3.8) is 0 Å². The van der Waals surface area contributed by atoms with Crippen LogP contribution in [-0.4, -0.2) is 17.0 Å². The first-order chi connectivity index (χ1) is 10.4. The maximum absolute atomic E-state index is 12.6. The Morgan fingerprint density at radius 1 is 1.00 bits per heavy atom. The number of ketones is 1. The molecule has 4 rings (SSSR count). The molecule has 4 aliphatic rings. The van der Waals surface area contributed by atoms with Gasteiger partial charge >= 0.3 is 0 Å². The Morgan fingerprint density at radius 3 is 2.64 bits per heavy atom. The van der Waals surface area contributed by atoms with Gasteiger partial charge < -0.3 is 5.11 Å². The van der Waals surface area contributed by atoms with Crippen LogP contribution in [0.2, 0.25) is 0 Å². The highest BCUT2D eigenvalue weighted by atomic mass is 16.3. The van der Waals surface area contributed by atoms with Crippen LogP contribution in [0, 0.1) is 34.5 Å². The summed E-state index contributed by atoms with van der Waals surface area (Å²) >= 11 is 0. The standard InChI is InChI=1S/C20H32O2/c1-19-10-8-14(21)12-13(19)6-7-15-16-4-3-5-18(22)20(16,2)11-9-17(15)19/h13-17,21H,3-12H2,1-2H3/t13-,14+,15+,16-,17+,19+,20-/m0/s1. The third-order valence-electron chi connectivity index (χ3n) is 8.58. The van der Waals surface area contributed by atoms with E-state index in [1.807, 2.05) is 0 Å². The molecule has 0 aromatic rings. The van der Waals surface area contributed by atoms with Gasteiger partial charge in [-0.05, 0) is 86.9 Å². The first kappa shape index (κ1) is 15.2. The van der Waals surface area contributed by atoms with Crippen LogP contribution in [0.15, 0.2) is 0 Å². The Hall–Kier alpha value is -0.370. The molecule has 7 atom stereocenters.